The quantitative estimate of drug-likeness (QED) is 0.879. The minimum absolute atomic E-state index is 0.638. The Morgan fingerprint density at radius 1 is 1.21 bits per heavy atom. The molecule has 1 saturated heterocycles. The van der Waals surface area contributed by atoms with Gasteiger partial charge in [-0.2, -0.15) is 0 Å². The van der Waals surface area contributed by atoms with Gasteiger partial charge in [-0.25, -0.2) is 0 Å². The van der Waals surface area contributed by atoms with Crippen LogP contribution in [0.2, 0.25) is 0 Å². The lowest BCUT2D eigenvalue weighted by Gasteiger charge is -2.33. The molecule has 0 unspecified atom stereocenters. The Morgan fingerprint density at radius 3 is 2.53 bits per heavy atom. The van der Waals surface area contributed by atoms with E-state index in [2.05, 4.69) is 48.2 Å². The first kappa shape index (κ1) is 14.5. The molecular formula is C16H27N3. The average molecular weight is 261 g/mol. The number of likely N-dealkylation sites (tertiary alicyclic amines) is 1. The summed E-state index contributed by atoms with van der Waals surface area (Å²) in [6.07, 6.45) is 2.66. The molecule has 3 heteroatoms. The number of piperidine rings is 1. The molecule has 0 aliphatic carbocycles. The molecule has 0 atom stereocenters. The van der Waals surface area contributed by atoms with Crippen LogP contribution in [0.3, 0.4) is 0 Å². The zero-order valence-electron chi connectivity index (χ0n) is 12.3. The fourth-order valence-corrected chi connectivity index (χ4v) is 2.96. The molecule has 106 valence electrons. The van der Waals surface area contributed by atoms with Gasteiger partial charge in [-0.15, -0.1) is 0 Å². The third kappa shape index (κ3) is 4.60. The summed E-state index contributed by atoms with van der Waals surface area (Å²) in [6.45, 7) is 5.40. The van der Waals surface area contributed by atoms with Gasteiger partial charge in [0.2, 0.25) is 0 Å². The molecule has 0 spiro atoms. The molecule has 1 heterocycles. The third-order valence-corrected chi connectivity index (χ3v) is 3.96. The molecule has 0 radical (unpaired) electrons. The second kappa shape index (κ2) is 7.04. The highest BCUT2D eigenvalue weighted by molar-refractivity contribution is 5.23. The molecule has 1 aromatic rings. The van der Waals surface area contributed by atoms with Gasteiger partial charge in [-0.1, -0.05) is 24.3 Å². The zero-order chi connectivity index (χ0) is 13.7. The lowest BCUT2D eigenvalue weighted by atomic mass is 9.96. The summed E-state index contributed by atoms with van der Waals surface area (Å²) < 4.78 is 0. The summed E-state index contributed by atoms with van der Waals surface area (Å²) in [7, 11) is 4.34. The second-order valence-electron chi connectivity index (χ2n) is 6.01. The van der Waals surface area contributed by atoms with Gasteiger partial charge in [0.1, 0.15) is 0 Å². The molecule has 2 rings (SSSR count). The van der Waals surface area contributed by atoms with Crippen LogP contribution >= 0.6 is 0 Å². The van der Waals surface area contributed by atoms with E-state index in [1.165, 1.54) is 43.6 Å². The van der Waals surface area contributed by atoms with E-state index in [4.69, 9.17) is 5.73 Å². The van der Waals surface area contributed by atoms with E-state index in [-0.39, 0.29) is 0 Å². The zero-order valence-corrected chi connectivity index (χ0v) is 12.3. The fourth-order valence-electron chi connectivity index (χ4n) is 2.96. The van der Waals surface area contributed by atoms with Crippen molar-refractivity contribution in [3.63, 3.8) is 0 Å². The summed E-state index contributed by atoms with van der Waals surface area (Å²) in [5.41, 5.74) is 8.33. The number of rotatable bonds is 5. The Hall–Kier alpha value is -0.900. The minimum atomic E-state index is 0.638. The van der Waals surface area contributed by atoms with Crippen LogP contribution in [0.25, 0.3) is 0 Å². The van der Waals surface area contributed by atoms with Gasteiger partial charge in [-0.05, 0) is 57.1 Å². The van der Waals surface area contributed by atoms with Gasteiger partial charge in [-0.3, -0.25) is 4.90 Å². The van der Waals surface area contributed by atoms with E-state index in [0.29, 0.717) is 6.54 Å². The van der Waals surface area contributed by atoms with Crippen LogP contribution in [-0.2, 0) is 13.1 Å². The van der Waals surface area contributed by atoms with E-state index < -0.39 is 0 Å². The number of nitrogens with zero attached hydrogens (tertiary/aromatic N) is 2. The van der Waals surface area contributed by atoms with Gasteiger partial charge < -0.3 is 10.6 Å². The largest absolute Gasteiger partial charge is 0.326 e. The normalized spacial score (nSPS) is 18.1. The molecule has 1 aliphatic heterocycles. The van der Waals surface area contributed by atoms with Crippen molar-refractivity contribution in [1.29, 1.82) is 0 Å². The monoisotopic (exact) mass is 261 g/mol. The van der Waals surface area contributed by atoms with Crippen LogP contribution in [0.5, 0.6) is 0 Å². The van der Waals surface area contributed by atoms with E-state index in [0.717, 1.165) is 12.5 Å². The van der Waals surface area contributed by atoms with Crippen molar-refractivity contribution in [2.75, 3.05) is 33.7 Å². The van der Waals surface area contributed by atoms with Crippen molar-refractivity contribution in [2.45, 2.75) is 25.9 Å². The Balaban J connectivity index is 1.81. The van der Waals surface area contributed by atoms with Crippen LogP contribution in [0.15, 0.2) is 24.3 Å². The van der Waals surface area contributed by atoms with Gasteiger partial charge >= 0.3 is 0 Å². The van der Waals surface area contributed by atoms with Crippen LogP contribution in [0.1, 0.15) is 24.0 Å². The third-order valence-electron chi connectivity index (χ3n) is 3.96. The SMILES string of the molecule is CN(C)CC1CCN(Cc2cccc(CN)c2)CC1. The Morgan fingerprint density at radius 2 is 1.89 bits per heavy atom. The summed E-state index contributed by atoms with van der Waals surface area (Å²) in [5.74, 6) is 0.877. The maximum absolute atomic E-state index is 5.70. The van der Waals surface area contributed by atoms with Crippen LogP contribution in [0.4, 0.5) is 0 Å². The van der Waals surface area contributed by atoms with Crippen molar-refractivity contribution in [3.05, 3.63) is 35.4 Å². The van der Waals surface area contributed by atoms with Gasteiger partial charge in [0, 0.05) is 19.6 Å². The number of nitrogens with two attached hydrogens (primary N) is 1. The standard InChI is InChI=1S/C16H27N3/c1-18(2)12-14-6-8-19(9-7-14)13-16-5-3-4-15(10-16)11-17/h3-5,10,14H,6-9,11-13,17H2,1-2H3. The molecule has 1 aromatic carbocycles. The first-order valence-electron chi connectivity index (χ1n) is 7.32. The predicted octanol–water partition coefficient (Wildman–Crippen LogP) is 1.92. The lowest BCUT2D eigenvalue weighted by Crippen LogP contribution is -2.36. The maximum Gasteiger partial charge on any atom is 0.0233 e. The number of hydrogen-bond acceptors (Lipinski definition) is 3. The van der Waals surface area contributed by atoms with Gasteiger partial charge in [0.05, 0.1) is 0 Å². The molecule has 1 fully saturated rings. The van der Waals surface area contributed by atoms with Crippen molar-refractivity contribution in [3.8, 4) is 0 Å². The van der Waals surface area contributed by atoms with Crippen molar-refractivity contribution >= 4 is 0 Å². The molecular weight excluding hydrogens is 234 g/mol. The molecule has 3 nitrogen and oxygen atoms in total. The Kier molecular flexibility index (Phi) is 5.37. The maximum atomic E-state index is 5.70. The van der Waals surface area contributed by atoms with E-state index in [9.17, 15) is 0 Å². The van der Waals surface area contributed by atoms with Crippen LogP contribution < -0.4 is 5.73 Å². The minimum Gasteiger partial charge on any atom is -0.326 e. The molecule has 19 heavy (non-hydrogen) atoms. The highest BCUT2D eigenvalue weighted by Crippen LogP contribution is 2.19. The van der Waals surface area contributed by atoms with Crippen molar-refractivity contribution in [1.82, 2.24) is 9.80 Å². The number of hydrogen-bond donors (Lipinski definition) is 1. The molecule has 0 amide bonds. The molecule has 0 aromatic heterocycles. The first-order chi connectivity index (χ1) is 9.17. The summed E-state index contributed by atoms with van der Waals surface area (Å²) in [6, 6.07) is 8.68. The lowest BCUT2D eigenvalue weighted by molar-refractivity contribution is 0.157. The molecule has 2 N–H and O–H groups in total. The summed E-state index contributed by atoms with van der Waals surface area (Å²) in [5, 5.41) is 0. The Bertz CT molecular complexity index is 381. The van der Waals surface area contributed by atoms with E-state index in [1.54, 1.807) is 0 Å². The highest BCUT2D eigenvalue weighted by atomic mass is 15.1. The first-order valence-corrected chi connectivity index (χ1v) is 7.32. The second-order valence-corrected chi connectivity index (χ2v) is 6.01. The predicted molar refractivity (Wildman–Crippen MR) is 80.9 cm³/mol. The van der Waals surface area contributed by atoms with Gasteiger partial charge in [0.25, 0.3) is 0 Å². The van der Waals surface area contributed by atoms with Crippen molar-refractivity contribution < 1.29 is 0 Å². The van der Waals surface area contributed by atoms with Crippen LogP contribution in [-0.4, -0.2) is 43.5 Å². The Labute approximate surface area is 117 Å². The molecule has 0 saturated carbocycles. The topological polar surface area (TPSA) is 32.5 Å². The van der Waals surface area contributed by atoms with Crippen molar-refractivity contribution in [2.24, 2.45) is 11.7 Å². The highest BCUT2D eigenvalue weighted by Gasteiger charge is 2.19. The summed E-state index contributed by atoms with van der Waals surface area (Å²) >= 11 is 0. The fraction of sp³-hybridized carbons (Fsp3) is 0.625. The van der Waals surface area contributed by atoms with Gasteiger partial charge in [0.15, 0.2) is 0 Å². The average Bonchev–Trinajstić information content (AvgIpc) is 2.41. The van der Waals surface area contributed by atoms with Crippen LogP contribution in [0, 0.1) is 5.92 Å². The smallest absolute Gasteiger partial charge is 0.0233 e. The summed E-state index contributed by atoms with van der Waals surface area (Å²) in [4.78, 5) is 4.88. The van der Waals surface area contributed by atoms with E-state index >= 15 is 0 Å². The number of benzene rings is 1. The molecule has 1 aliphatic rings. The van der Waals surface area contributed by atoms with E-state index in [1.807, 2.05) is 0 Å². The molecule has 0 bridgehead atoms.